The van der Waals surface area contributed by atoms with Crippen molar-refractivity contribution in [2.75, 3.05) is 13.2 Å². The standard InChI is InChI=1S/C24H32O3/c1-6-24(25,23(4,5)27-17-21-16-26-21)20-14-12-19(13-15-20)22(2,3)18-10-8-7-9-11-18/h7-15,21,25H,6,16-17H2,1-5H3. The molecule has 146 valence electrons. The highest BCUT2D eigenvalue weighted by Crippen LogP contribution is 2.40. The van der Waals surface area contributed by atoms with Crippen molar-refractivity contribution < 1.29 is 14.6 Å². The van der Waals surface area contributed by atoms with Crippen LogP contribution in [0.1, 0.15) is 57.7 Å². The van der Waals surface area contributed by atoms with Gasteiger partial charge in [-0.2, -0.15) is 0 Å². The average molecular weight is 369 g/mol. The van der Waals surface area contributed by atoms with Crippen LogP contribution >= 0.6 is 0 Å². The van der Waals surface area contributed by atoms with E-state index in [9.17, 15) is 5.11 Å². The molecule has 0 bridgehead atoms. The van der Waals surface area contributed by atoms with Crippen molar-refractivity contribution in [3.63, 3.8) is 0 Å². The number of rotatable bonds is 8. The van der Waals surface area contributed by atoms with Crippen LogP contribution in [0, 0.1) is 0 Å². The van der Waals surface area contributed by atoms with Crippen LogP contribution < -0.4 is 0 Å². The van der Waals surface area contributed by atoms with Gasteiger partial charge in [0.25, 0.3) is 0 Å². The highest BCUT2D eigenvalue weighted by Gasteiger charge is 2.45. The van der Waals surface area contributed by atoms with Gasteiger partial charge < -0.3 is 14.6 Å². The summed E-state index contributed by atoms with van der Waals surface area (Å²) in [4.78, 5) is 0. The van der Waals surface area contributed by atoms with Gasteiger partial charge in [0.15, 0.2) is 0 Å². The number of hydrogen-bond acceptors (Lipinski definition) is 3. The molecule has 2 unspecified atom stereocenters. The zero-order chi connectivity index (χ0) is 19.7. The van der Waals surface area contributed by atoms with E-state index in [1.807, 2.05) is 39.0 Å². The number of benzene rings is 2. The lowest BCUT2D eigenvalue weighted by molar-refractivity contribution is -0.175. The van der Waals surface area contributed by atoms with E-state index in [0.717, 1.165) is 12.2 Å². The van der Waals surface area contributed by atoms with Crippen LogP contribution in [0.2, 0.25) is 0 Å². The third-order valence-corrected chi connectivity index (χ3v) is 6.12. The van der Waals surface area contributed by atoms with Gasteiger partial charge in [-0.15, -0.1) is 0 Å². The summed E-state index contributed by atoms with van der Waals surface area (Å²) in [6.45, 7) is 11.7. The van der Waals surface area contributed by atoms with Crippen molar-refractivity contribution in [2.24, 2.45) is 0 Å². The lowest BCUT2D eigenvalue weighted by Gasteiger charge is -2.42. The minimum absolute atomic E-state index is 0.0978. The molecule has 27 heavy (non-hydrogen) atoms. The summed E-state index contributed by atoms with van der Waals surface area (Å²) in [5, 5.41) is 11.5. The topological polar surface area (TPSA) is 42.0 Å². The fourth-order valence-corrected chi connectivity index (χ4v) is 3.75. The van der Waals surface area contributed by atoms with Crippen molar-refractivity contribution in [3.05, 3.63) is 71.3 Å². The van der Waals surface area contributed by atoms with E-state index in [2.05, 4.69) is 50.2 Å². The molecular weight excluding hydrogens is 336 g/mol. The smallest absolute Gasteiger partial charge is 0.118 e. The van der Waals surface area contributed by atoms with E-state index in [-0.39, 0.29) is 11.5 Å². The third kappa shape index (κ3) is 3.96. The largest absolute Gasteiger partial charge is 0.382 e. The highest BCUT2D eigenvalue weighted by molar-refractivity contribution is 5.40. The summed E-state index contributed by atoms with van der Waals surface area (Å²) in [5.74, 6) is 0. The predicted molar refractivity (Wildman–Crippen MR) is 109 cm³/mol. The number of epoxide rings is 1. The lowest BCUT2D eigenvalue weighted by atomic mass is 9.74. The Balaban J connectivity index is 1.86. The molecule has 1 saturated heterocycles. The van der Waals surface area contributed by atoms with Crippen LogP contribution in [-0.2, 0) is 20.5 Å². The minimum atomic E-state index is -1.06. The lowest BCUT2D eigenvalue weighted by Crippen LogP contribution is -2.49. The first-order valence-electron chi connectivity index (χ1n) is 9.85. The maximum atomic E-state index is 11.5. The van der Waals surface area contributed by atoms with Gasteiger partial charge in [-0.05, 0) is 37.0 Å². The molecule has 2 aromatic rings. The van der Waals surface area contributed by atoms with Gasteiger partial charge in [-0.3, -0.25) is 0 Å². The molecule has 0 amide bonds. The summed E-state index contributed by atoms with van der Waals surface area (Å²) < 4.78 is 11.3. The molecule has 1 aliphatic rings. The van der Waals surface area contributed by atoms with E-state index in [1.165, 1.54) is 11.1 Å². The molecule has 0 aromatic heterocycles. The molecule has 2 atom stereocenters. The first-order valence-corrected chi connectivity index (χ1v) is 9.85. The van der Waals surface area contributed by atoms with E-state index < -0.39 is 11.2 Å². The van der Waals surface area contributed by atoms with Crippen molar-refractivity contribution in [3.8, 4) is 0 Å². The molecule has 1 heterocycles. The molecule has 3 rings (SSSR count). The molecule has 0 saturated carbocycles. The van der Waals surface area contributed by atoms with Crippen molar-refractivity contribution >= 4 is 0 Å². The monoisotopic (exact) mass is 368 g/mol. The molecule has 1 aliphatic heterocycles. The maximum Gasteiger partial charge on any atom is 0.118 e. The summed E-state index contributed by atoms with van der Waals surface area (Å²) >= 11 is 0. The average Bonchev–Trinajstić information content (AvgIpc) is 3.51. The first-order chi connectivity index (χ1) is 12.7. The number of aliphatic hydroxyl groups is 1. The molecule has 2 aromatic carbocycles. The maximum absolute atomic E-state index is 11.5. The van der Waals surface area contributed by atoms with Crippen LogP contribution in [0.25, 0.3) is 0 Å². The van der Waals surface area contributed by atoms with Crippen molar-refractivity contribution in [1.29, 1.82) is 0 Å². The Bertz CT molecular complexity index is 745. The minimum Gasteiger partial charge on any atom is -0.382 e. The summed E-state index contributed by atoms with van der Waals surface area (Å²) in [5.41, 5.74) is 1.53. The predicted octanol–water partition coefficient (Wildman–Crippen LogP) is 4.80. The zero-order valence-corrected chi connectivity index (χ0v) is 17.2. The van der Waals surface area contributed by atoms with Gasteiger partial charge in [0.2, 0.25) is 0 Å². The Labute approximate surface area is 163 Å². The summed E-state index contributed by atoms with van der Waals surface area (Å²) in [6.07, 6.45) is 0.756. The number of ether oxygens (including phenoxy) is 2. The van der Waals surface area contributed by atoms with Crippen LogP contribution in [0.4, 0.5) is 0 Å². The second kappa shape index (κ2) is 7.38. The fraction of sp³-hybridized carbons (Fsp3) is 0.500. The van der Waals surface area contributed by atoms with Gasteiger partial charge in [-0.1, -0.05) is 75.4 Å². The summed E-state index contributed by atoms with van der Waals surface area (Å²) in [6, 6.07) is 18.9. The fourth-order valence-electron chi connectivity index (χ4n) is 3.75. The quantitative estimate of drug-likeness (QED) is 0.680. The Hall–Kier alpha value is -1.68. The second-order valence-electron chi connectivity index (χ2n) is 8.56. The Morgan fingerprint density at radius 3 is 1.96 bits per heavy atom. The molecule has 0 aliphatic carbocycles. The van der Waals surface area contributed by atoms with Crippen molar-refractivity contribution in [1.82, 2.24) is 0 Å². The van der Waals surface area contributed by atoms with Gasteiger partial charge in [-0.25, -0.2) is 0 Å². The van der Waals surface area contributed by atoms with Crippen LogP contribution in [-0.4, -0.2) is 30.0 Å². The summed E-state index contributed by atoms with van der Waals surface area (Å²) in [7, 11) is 0. The molecule has 0 spiro atoms. The van der Waals surface area contributed by atoms with Gasteiger partial charge in [0.05, 0.1) is 18.8 Å². The van der Waals surface area contributed by atoms with E-state index in [1.54, 1.807) is 0 Å². The normalized spacial score (nSPS) is 19.6. The van der Waals surface area contributed by atoms with E-state index in [4.69, 9.17) is 9.47 Å². The van der Waals surface area contributed by atoms with Crippen LogP contribution in [0.5, 0.6) is 0 Å². The highest BCUT2D eigenvalue weighted by atomic mass is 16.6. The van der Waals surface area contributed by atoms with Crippen LogP contribution in [0.15, 0.2) is 54.6 Å². The first kappa shape index (κ1) is 20.1. The zero-order valence-electron chi connectivity index (χ0n) is 17.2. The SMILES string of the molecule is CCC(O)(c1ccc(C(C)(C)c2ccccc2)cc1)C(C)(C)OCC1CO1. The van der Waals surface area contributed by atoms with E-state index in [0.29, 0.717) is 13.0 Å². The Morgan fingerprint density at radius 2 is 1.44 bits per heavy atom. The van der Waals surface area contributed by atoms with E-state index >= 15 is 0 Å². The molecule has 1 N–H and O–H groups in total. The second-order valence-corrected chi connectivity index (χ2v) is 8.56. The molecule has 1 fully saturated rings. The molecule has 0 radical (unpaired) electrons. The molecular formula is C24H32O3. The van der Waals surface area contributed by atoms with Gasteiger partial charge in [0, 0.05) is 5.41 Å². The Kier molecular flexibility index (Phi) is 5.49. The molecule has 3 heteroatoms. The van der Waals surface area contributed by atoms with Crippen molar-refractivity contribution in [2.45, 2.75) is 63.8 Å². The number of hydrogen-bond donors (Lipinski definition) is 1. The third-order valence-electron chi connectivity index (χ3n) is 6.12. The van der Waals surface area contributed by atoms with Gasteiger partial charge >= 0.3 is 0 Å². The Morgan fingerprint density at radius 1 is 0.926 bits per heavy atom. The van der Waals surface area contributed by atoms with Gasteiger partial charge in [0.1, 0.15) is 11.7 Å². The van der Waals surface area contributed by atoms with Crippen LogP contribution in [0.3, 0.4) is 0 Å². The molecule has 3 nitrogen and oxygen atoms in total.